The van der Waals surface area contributed by atoms with E-state index < -0.39 is 0 Å². The molecule has 1 atom stereocenters. The van der Waals surface area contributed by atoms with E-state index in [1.54, 1.807) is 17.1 Å². The molecule has 1 aliphatic heterocycles. The van der Waals surface area contributed by atoms with Gasteiger partial charge in [0.2, 0.25) is 0 Å². The highest BCUT2D eigenvalue weighted by Gasteiger charge is 2.22. The Morgan fingerprint density at radius 2 is 2.33 bits per heavy atom. The summed E-state index contributed by atoms with van der Waals surface area (Å²) < 4.78 is 7.35. The van der Waals surface area contributed by atoms with Crippen molar-refractivity contribution in [1.29, 1.82) is 0 Å². The summed E-state index contributed by atoms with van der Waals surface area (Å²) >= 11 is 0. The molecule has 2 amide bonds. The first-order valence-electron chi connectivity index (χ1n) is 7.08. The number of amides is 2. The number of carbonyl (C=O) groups is 1. The second-order valence-electron chi connectivity index (χ2n) is 4.91. The molecule has 0 saturated carbocycles. The van der Waals surface area contributed by atoms with Crippen LogP contribution in [-0.4, -0.2) is 22.4 Å². The third-order valence-electron chi connectivity index (χ3n) is 3.48. The molecule has 0 spiro atoms. The van der Waals surface area contributed by atoms with Crippen LogP contribution in [0, 0.1) is 0 Å². The number of para-hydroxylation sites is 1. The maximum Gasteiger partial charge on any atom is 0.319 e. The number of aromatic nitrogens is 2. The molecule has 0 fully saturated rings. The van der Waals surface area contributed by atoms with E-state index in [1.165, 1.54) is 0 Å². The van der Waals surface area contributed by atoms with Gasteiger partial charge in [0, 0.05) is 24.7 Å². The lowest BCUT2D eigenvalue weighted by Gasteiger charge is -2.26. The number of ether oxygens (including phenoxy) is 1. The fourth-order valence-electron chi connectivity index (χ4n) is 2.42. The van der Waals surface area contributed by atoms with E-state index in [0.717, 1.165) is 24.3 Å². The van der Waals surface area contributed by atoms with Crippen LogP contribution in [0.25, 0.3) is 0 Å². The maximum absolute atomic E-state index is 12.1. The Kier molecular flexibility index (Phi) is 3.77. The number of hydrogen-bond acceptors (Lipinski definition) is 3. The number of nitrogens with one attached hydrogen (secondary N) is 2. The van der Waals surface area contributed by atoms with Gasteiger partial charge in [-0.1, -0.05) is 18.2 Å². The van der Waals surface area contributed by atoms with Crippen LogP contribution >= 0.6 is 0 Å². The predicted octanol–water partition coefficient (Wildman–Crippen LogP) is 2.55. The predicted molar refractivity (Wildman–Crippen MR) is 79.4 cm³/mol. The zero-order valence-corrected chi connectivity index (χ0v) is 11.9. The Morgan fingerprint density at radius 1 is 1.48 bits per heavy atom. The standard InChI is InChI=1S/C15H18N4O2/c1-2-19-10-11(9-16-19)17-15(20)18-13-7-8-21-14-6-4-3-5-12(13)14/h3-6,9-10,13H,2,7-8H2,1H3,(H2,17,18,20). The lowest BCUT2D eigenvalue weighted by Crippen LogP contribution is -2.35. The number of aryl methyl sites for hydroxylation is 1. The molecule has 2 N–H and O–H groups in total. The van der Waals surface area contributed by atoms with Crippen LogP contribution in [0.2, 0.25) is 0 Å². The Labute approximate surface area is 123 Å². The monoisotopic (exact) mass is 286 g/mol. The van der Waals surface area contributed by atoms with Crippen LogP contribution in [0.1, 0.15) is 24.9 Å². The van der Waals surface area contributed by atoms with Gasteiger partial charge in [-0.15, -0.1) is 0 Å². The summed E-state index contributed by atoms with van der Waals surface area (Å²) in [6.07, 6.45) is 4.21. The Morgan fingerprint density at radius 3 is 3.14 bits per heavy atom. The van der Waals surface area contributed by atoms with E-state index in [4.69, 9.17) is 4.74 Å². The first-order valence-corrected chi connectivity index (χ1v) is 7.08. The Hall–Kier alpha value is -2.50. The topological polar surface area (TPSA) is 68.2 Å². The molecule has 1 aliphatic rings. The number of benzene rings is 1. The van der Waals surface area contributed by atoms with Gasteiger partial charge in [0.05, 0.1) is 24.5 Å². The van der Waals surface area contributed by atoms with Crippen LogP contribution in [0.3, 0.4) is 0 Å². The number of rotatable bonds is 3. The van der Waals surface area contributed by atoms with Gasteiger partial charge in [0.1, 0.15) is 5.75 Å². The van der Waals surface area contributed by atoms with Crippen molar-refractivity contribution in [2.24, 2.45) is 0 Å². The third-order valence-corrected chi connectivity index (χ3v) is 3.48. The molecule has 2 heterocycles. The third kappa shape index (κ3) is 2.99. The van der Waals surface area contributed by atoms with Gasteiger partial charge in [0.25, 0.3) is 0 Å². The van der Waals surface area contributed by atoms with E-state index in [-0.39, 0.29) is 12.1 Å². The minimum Gasteiger partial charge on any atom is -0.493 e. The molecular weight excluding hydrogens is 268 g/mol. The minimum atomic E-state index is -0.229. The smallest absolute Gasteiger partial charge is 0.319 e. The van der Waals surface area contributed by atoms with Gasteiger partial charge in [-0.2, -0.15) is 5.10 Å². The summed E-state index contributed by atoms with van der Waals surface area (Å²) in [6.45, 7) is 3.38. The number of nitrogens with zero attached hydrogens (tertiary/aromatic N) is 2. The van der Waals surface area contributed by atoms with Crippen molar-refractivity contribution in [3.05, 3.63) is 42.2 Å². The van der Waals surface area contributed by atoms with Gasteiger partial charge in [-0.25, -0.2) is 4.79 Å². The molecule has 1 aromatic heterocycles. The fraction of sp³-hybridized carbons (Fsp3) is 0.333. The molecule has 110 valence electrons. The van der Waals surface area contributed by atoms with Gasteiger partial charge < -0.3 is 15.4 Å². The van der Waals surface area contributed by atoms with Crippen LogP contribution < -0.4 is 15.4 Å². The lowest BCUT2D eigenvalue weighted by molar-refractivity contribution is 0.232. The quantitative estimate of drug-likeness (QED) is 0.911. The van der Waals surface area contributed by atoms with Gasteiger partial charge in [0.15, 0.2) is 0 Å². The summed E-state index contributed by atoms with van der Waals surface area (Å²) in [5.74, 6) is 0.841. The number of fused-ring (bicyclic) bond motifs is 1. The zero-order chi connectivity index (χ0) is 14.7. The first kappa shape index (κ1) is 13.5. The van der Waals surface area contributed by atoms with Crippen molar-refractivity contribution in [2.75, 3.05) is 11.9 Å². The van der Waals surface area contributed by atoms with E-state index >= 15 is 0 Å². The van der Waals surface area contributed by atoms with Gasteiger partial charge >= 0.3 is 6.03 Å². The van der Waals surface area contributed by atoms with Crippen LogP contribution in [0.15, 0.2) is 36.7 Å². The Balaban J connectivity index is 1.65. The van der Waals surface area contributed by atoms with Crippen molar-refractivity contribution >= 4 is 11.7 Å². The highest BCUT2D eigenvalue weighted by atomic mass is 16.5. The van der Waals surface area contributed by atoms with E-state index in [9.17, 15) is 4.79 Å². The van der Waals surface area contributed by atoms with Crippen molar-refractivity contribution in [3.63, 3.8) is 0 Å². The summed E-state index contributed by atoms with van der Waals surface area (Å²) in [5, 5.41) is 9.91. The molecule has 1 unspecified atom stereocenters. The normalized spacial score (nSPS) is 16.7. The van der Waals surface area contributed by atoms with Crippen molar-refractivity contribution in [1.82, 2.24) is 15.1 Å². The first-order chi connectivity index (χ1) is 10.3. The molecule has 2 aromatic rings. The minimum absolute atomic E-state index is 0.0313. The molecule has 0 bridgehead atoms. The van der Waals surface area contributed by atoms with Crippen LogP contribution in [-0.2, 0) is 6.54 Å². The van der Waals surface area contributed by atoms with Crippen LogP contribution in [0.4, 0.5) is 10.5 Å². The van der Waals surface area contributed by atoms with E-state index in [0.29, 0.717) is 12.3 Å². The second kappa shape index (κ2) is 5.87. The number of carbonyl (C=O) groups excluding carboxylic acids is 1. The highest BCUT2D eigenvalue weighted by molar-refractivity contribution is 5.89. The zero-order valence-electron chi connectivity index (χ0n) is 11.9. The lowest BCUT2D eigenvalue weighted by atomic mass is 10.0. The summed E-state index contributed by atoms with van der Waals surface area (Å²) in [6, 6.07) is 7.52. The van der Waals surface area contributed by atoms with Gasteiger partial charge in [-0.3, -0.25) is 4.68 Å². The second-order valence-corrected chi connectivity index (χ2v) is 4.91. The molecule has 0 radical (unpaired) electrons. The molecular formula is C15H18N4O2. The number of anilines is 1. The molecule has 0 saturated heterocycles. The number of urea groups is 1. The maximum atomic E-state index is 12.1. The van der Waals surface area contributed by atoms with Crippen LogP contribution in [0.5, 0.6) is 5.75 Å². The molecule has 0 aliphatic carbocycles. The van der Waals surface area contributed by atoms with E-state index in [1.807, 2.05) is 31.2 Å². The molecule has 3 rings (SSSR count). The fourth-order valence-corrected chi connectivity index (χ4v) is 2.42. The van der Waals surface area contributed by atoms with Crippen molar-refractivity contribution in [3.8, 4) is 5.75 Å². The molecule has 6 nitrogen and oxygen atoms in total. The summed E-state index contributed by atoms with van der Waals surface area (Å²) in [5.41, 5.74) is 1.71. The Bertz CT molecular complexity index is 638. The van der Waals surface area contributed by atoms with Gasteiger partial charge in [-0.05, 0) is 13.0 Å². The number of hydrogen-bond donors (Lipinski definition) is 2. The van der Waals surface area contributed by atoms with Crippen molar-refractivity contribution in [2.45, 2.75) is 25.9 Å². The average Bonchev–Trinajstić information content (AvgIpc) is 2.95. The SMILES string of the molecule is CCn1cc(NC(=O)NC2CCOc3ccccc32)cn1. The summed E-state index contributed by atoms with van der Waals surface area (Å²) in [4.78, 5) is 12.1. The highest BCUT2D eigenvalue weighted by Crippen LogP contribution is 2.31. The van der Waals surface area contributed by atoms with E-state index in [2.05, 4.69) is 15.7 Å². The average molecular weight is 286 g/mol. The molecule has 6 heteroatoms. The molecule has 1 aromatic carbocycles. The summed E-state index contributed by atoms with van der Waals surface area (Å²) in [7, 11) is 0. The molecule has 21 heavy (non-hydrogen) atoms. The largest absolute Gasteiger partial charge is 0.493 e. The van der Waals surface area contributed by atoms with Crippen molar-refractivity contribution < 1.29 is 9.53 Å².